The number of halogens is 2. The van der Waals surface area contributed by atoms with Crippen LogP contribution < -0.4 is 5.32 Å². The van der Waals surface area contributed by atoms with E-state index in [2.05, 4.69) is 5.32 Å². The van der Waals surface area contributed by atoms with Gasteiger partial charge in [0.1, 0.15) is 11.6 Å². The highest BCUT2D eigenvalue weighted by Crippen LogP contribution is 2.37. The molecular weight excluding hydrogens is 240 g/mol. The molecule has 1 saturated carbocycles. The van der Waals surface area contributed by atoms with E-state index in [-0.39, 0.29) is 11.8 Å². The largest absolute Gasteiger partial charge is 0.481 e. The van der Waals surface area contributed by atoms with Gasteiger partial charge in [-0.25, -0.2) is 8.78 Å². The lowest BCUT2D eigenvalue weighted by molar-refractivity contribution is -0.138. The van der Waals surface area contributed by atoms with E-state index in [0.29, 0.717) is 31.5 Å². The van der Waals surface area contributed by atoms with Crippen LogP contribution >= 0.6 is 0 Å². The number of nitrogens with one attached hydrogen (secondary N) is 1. The minimum Gasteiger partial charge on any atom is -0.481 e. The van der Waals surface area contributed by atoms with Gasteiger partial charge in [0, 0.05) is 0 Å². The predicted molar refractivity (Wildman–Crippen MR) is 62.2 cm³/mol. The molecule has 1 aliphatic carbocycles. The van der Waals surface area contributed by atoms with Crippen molar-refractivity contribution in [2.45, 2.75) is 12.8 Å². The first kappa shape index (κ1) is 13.0. The molecule has 18 heavy (non-hydrogen) atoms. The number of benzene rings is 1. The Morgan fingerprint density at radius 2 is 2.22 bits per heavy atom. The third-order valence-corrected chi connectivity index (χ3v) is 3.23. The van der Waals surface area contributed by atoms with Crippen LogP contribution in [0, 0.1) is 23.5 Å². The van der Waals surface area contributed by atoms with Crippen molar-refractivity contribution < 1.29 is 18.7 Å². The Kier molecular flexibility index (Phi) is 3.91. The zero-order valence-corrected chi connectivity index (χ0v) is 9.83. The van der Waals surface area contributed by atoms with Crippen LogP contribution in [0.5, 0.6) is 0 Å². The highest BCUT2D eigenvalue weighted by atomic mass is 19.1. The van der Waals surface area contributed by atoms with Gasteiger partial charge in [0.05, 0.1) is 5.92 Å². The fraction of sp³-hybridized carbons (Fsp3) is 0.462. The second-order valence-corrected chi connectivity index (χ2v) is 4.63. The Bertz CT molecular complexity index is 451. The average molecular weight is 255 g/mol. The molecule has 0 aromatic heterocycles. The minimum absolute atomic E-state index is 0.180. The molecule has 0 radical (unpaired) electrons. The molecule has 2 N–H and O–H groups in total. The summed E-state index contributed by atoms with van der Waals surface area (Å²) in [4.78, 5) is 10.6. The van der Waals surface area contributed by atoms with Gasteiger partial charge in [0.2, 0.25) is 0 Å². The van der Waals surface area contributed by atoms with E-state index in [1.54, 1.807) is 0 Å². The molecule has 1 aromatic carbocycles. The molecule has 1 aromatic rings. The van der Waals surface area contributed by atoms with Crippen molar-refractivity contribution >= 4 is 5.97 Å². The summed E-state index contributed by atoms with van der Waals surface area (Å²) in [5.74, 6) is -1.66. The van der Waals surface area contributed by atoms with Crippen molar-refractivity contribution in [3.63, 3.8) is 0 Å². The Balaban J connectivity index is 1.70. The summed E-state index contributed by atoms with van der Waals surface area (Å²) in [6, 6.07) is 3.40. The summed E-state index contributed by atoms with van der Waals surface area (Å²) >= 11 is 0. The number of rotatable bonds is 6. The van der Waals surface area contributed by atoms with Gasteiger partial charge in [-0.3, -0.25) is 4.79 Å². The summed E-state index contributed by atoms with van der Waals surface area (Å²) in [6.45, 7) is 1.14. The van der Waals surface area contributed by atoms with E-state index >= 15 is 0 Å². The Morgan fingerprint density at radius 3 is 2.89 bits per heavy atom. The zero-order valence-electron chi connectivity index (χ0n) is 9.83. The first-order valence-electron chi connectivity index (χ1n) is 5.95. The highest BCUT2D eigenvalue weighted by molar-refractivity contribution is 5.73. The third-order valence-electron chi connectivity index (χ3n) is 3.23. The average Bonchev–Trinajstić information content (AvgIpc) is 3.08. The lowest BCUT2D eigenvalue weighted by Crippen LogP contribution is -2.21. The van der Waals surface area contributed by atoms with Crippen LogP contribution in [0.2, 0.25) is 0 Å². The number of hydrogen-bond donors (Lipinski definition) is 2. The van der Waals surface area contributed by atoms with Gasteiger partial charge in [0.15, 0.2) is 0 Å². The third kappa shape index (κ3) is 3.26. The summed E-state index contributed by atoms with van der Waals surface area (Å²) in [6.07, 6.45) is 1.10. The van der Waals surface area contributed by atoms with Gasteiger partial charge in [0.25, 0.3) is 0 Å². The molecule has 2 unspecified atom stereocenters. The molecule has 0 saturated heterocycles. The zero-order chi connectivity index (χ0) is 13.1. The van der Waals surface area contributed by atoms with Crippen molar-refractivity contribution in [1.29, 1.82) is 0 Å². The van der Waals surface area contributed by atoms with Crippen molar-refractivity contribution in [3.05, 3.63) is 35.4 Å². The van der Waals surface area contributed by atoms with E-state index in [9.17, 15) is 13.6 Å². The first-order chi connectivity index (χ1) is 8.58. The monoisotopic (exact) mass is 255 g/mol. The lowest BCUT2D eigenvalue weighted by atomic mass is 10.1. The fourth-order valence-corrected chi connectivity index (χ4v) is 2.02. The minimum atomic E-state index is -0.752. The van der Waals surface area contributed by atoms with Crippen LogP contribution in [-0.2, 0) is 11.2 Å². The molecule has 0 bridgehead atoms. The van der Waals surface area contributed by atoms with Gasteiger partial charge in [-0.15, -0.1) is 0 Å². The summed E-state index contributed by atoms with van der Waals surface area (Å²) in [5.41, 5.74) is 0.341. The maximum atomic E-state index is 13.3. The molecule has 5 heteroatoms. The van der Waals surface area contributed by atoms with Crippen molar-refractivity contribution in [3.8, 4) is 0 Å². The highest BCUT2D eigenvalue weighted by Gasteiger charge is 2.42. The van der Waals surface area contributed by atoms with Gasteiger partial charge in [-0.2, -0.15) is 0 Å². The maximum Gasteiger partial charge on any atom is 0.306 e. The molecule has 0 spiro atoms. The van der Waals surface area contributed by atoms with Gasteiger partial charge >= 0.3 is 5.97 Å². The summed E-state index contributed by atoms with van der Waals surface area (Å²) in [5, 5.41) is 11.8. The number of carboxylic acids is 1. The van der Waals surface area contributed by atoms with Crippen molar-refractivity contribution in [1.82, 2.24) is 5.32 Å². The van der Waals surface area contributed by atoms with Crippen molar-refractivity contribution in [2.75, 3.05) is 13.1 Å². The summed E-state index contributed by atoms with van der Waals surface area (Å²) < 4.78 is 26.1. The quantitative estimate of drug-likeness (QED) is 0.762. The van der Waals surface area contributed by atoms with Crippen LogP contribution in [-0.4, -0.2) is 24.2 Å². The van der Waals surface area contributed by atoms with E-state index in [1.807, 2.05) is 0 Å². The molecule has 3 nitrogen and oxygen atoms in total. The van der Waals surface area contributed by atoms with E-state index in [4.69, 9.17) is 5.11 Å². The number of hydrogen-bond acceptors (Lipinski definition) is 2. The number of aliphatic carboxylic acids is 1. The normalized spacial score (nSPS) is 21.9. The van der Waals surface area contributed by atoms with Crippen LogP contribution in [0.15, 0.2) is 18.2 Å². The smallest absolute Gasteiger partial charge is 0.306 e. The van der Waals surface area contributed by atoms with E-state index in [0.717, 1.165) is 12.1 Å². The van der Waals surface area contributed by atoms with Crippen LogP contribution in [0.25, 0.3) is 0 Å². The van der Waals surface area contributed by atoms with E-state index < -0.39 is 17.6 Å². The molecule has 2 rings (SSSR count). The molecule has 0 amide bonds. The number of carboxylic acid groups (broad SMARTS) is 1. The van der Waals surface area contributed by atoms with Crippen LogP contribution in [0.4, 0.5) is 8.78 Å². The Morgan fingerprint density at radius 1 is 1.44 bits per heavy atom. The number of carbonyl (C=O) groups is 1. The fourth-order valence-electron chi connectivity index (χ4n) is 2.02. The van der Waals surface area contributed by atoms with Gasteiger partial charge < -0.3 is 10.4 Å². The molecule has 1 aliphatic rings. The van der Waals surface area contributed by atoms with Crippen molar-refractivity contribution in [2.24, 2.45) is 11.8 Å². The van der Waals surface area contributed by atoms with Gasteiger partial charge in [-0.05, 0) is 55.6 Å². The maximum absolute atomic E-state index is 13.3. The lowest BCUT2D eigenvalue weighted by Gasteiger charge is -2.05. The second kappa shape index (κ2) is 5.44. The van der Waals surface area contributed by atoms with Crippen LogP contribution in [0.3, 0.4) is 0 Å². The second-order valence-electron chi connectivity index (χ2n) is 4.63. The van der Waals surface area contributed by atoms with E-state index in [1.165, 1.54) is 6.07 Å². The van der Waals surface area contributed by atoms with Crippen LogP contribution in [0.1, 0.15) is 12.0 Å². The first-order valence-corrected chi connectivity index (χ1v) is 5.95. The summed E-state index contributed by atoms with van der Waals surface area (Å²) in [7, 11) is 0. The topological polar surface area (TPSA) is 49.3 Å². The standard InChI is InChI=1S/C13H15F2NO2/c14-10-1-2-12(15)8(5-10)3-4-16-7-9-6-11(9)13(17)18/h1-2,5,9,11,16H,3-4,6-7H2,(H,17,18). The Hall–Kier alpha value is -1.49. The molecule has 0 heterocycles. The SMILES string of the molecule is O=C(O)C1CC1CNCCc1cc(F)ccc1F. The molecule has 0 aliphatic heterocycles. The predicted octanol–water partition coefficient (Wildman–Crippen LogP) is 1.82. The Labute approximate surface area is 104 Å². The molecular formula is C13H15F2NO2. The molecule has 2 atom stereocenters. The molecule has 1 fully saturated rings. The molecule has 98 valence electrons. The van der Waals surface area contributed by atoms with Gasteiger partial charge in [-0.1, -0.05) is 0 Å².